The molecule has 4 heteroatoms. The number of amides is 1. The van der Waals surface area contributed by atoms with E-state index in [1.165, 1.54) is 5.56 Å². The van der Waals surface area contributed by atoms with Crippen LogP contribution in [0, 0.1) is 0 Å². The summed E-state index contributed by atoms with van der Waals surface area (Å²) in [5.74, 6) is 0.269. The Balaban J connectivity index is 1.88. The summed E-state index contributed by atoms with van der Waals surface area (Å²) in [5, 5.41) is 6.57. The molecule has 2 aliphatic heterocycles. The molecule has 2 atom stereocenters. The predicted octanol–water partition coefficient (Wildman–Crippen LogP) is 4.04. The van der Waals surface area contributed by atoms with E-state index < -0.39 is 0 Å². The van der Waals surface area contributed by atoms with E-state index in [4.69, 9.17) is 0 Å². The van der Waals surface area contributed by atoms with Gasteiger partial charge in [0, 0.05) is 28.2 Å². The van der Waals surface area contributed by atoms with Crippen molar-refractivity contribution in [3.8, 4) is 0 Å². The number of carbonyl (C=O) groups excluding carboxylic acids is 1. The Bertz CT molecular complexity index is 713. The maximum absolute atomic E-state index is 12.1. The number of anilines is 2. The summed E-state index contributed by atoms with van der Waals surface area (Å²) in [4.78, 5) is 12.1. The van der Waals surface area contributed by atoms with Gasteiger partial charge >= 0.3 is 0 Å². The summed E-state index contributed by atoms with van der Waals surface area (Å²) in [5.41, 5.74) is 4.43. The SMILES string of the molecule is O=C1CC2c3cc(Br)ccc3NC2c2ccccc2N1. The number of hydrogen-bond acceptors (Lipinski definition) is 2. The molecule has 3 nitrogen and oxygen atoms in total. The lowest BCUT2D eigenvalue weighted by Crippen LogP contribution is -2.13. The molecule has 100 valence electrons. The Morgan fingerprint density at radius 1 is 1.05 bits per heavy atom. The van der Waals surface area contributed by atoms with Crippen LogP contribution in [-0.2, 0) is 4.79 Å². The number of hydrogen-bond donors (Lipinski definition) is 2. The summed E-state index contributed by atoms with van der Waals surface area (Å²) in [6, 6.07) is 14.4. The van der Waals surface area contributed by atoms with E-state index in [-0.39, 0.29) is 17.9 Å². The normalized spacial score (nSPS) is 22.9. The molecule has 0 saturated heterocycles. The van der Waals surface area contributed by atoms with Gasteiger partial charge in [0.25, 0.3) is 0 Å². The van der Waals surface area contributed by atoms with Gasteiger partial charge in [-0.25, -0.2) is 0 Å². The van der Waals surface area contributed by atoms with E-state index in [0.29, 0.717) is 6.42 Å². The monoisotopic (exact) mass is 328 g/mol. The zero-order valence-corrected chi connectivity index (χ0v) is 12.3. The lowest BCUT2D eigenvalue weighted by Gasteiger charge is -2.18. The Labute approximate surface area is 125 Å². The van der Waals surface area contributed by atoms with Crippen LogP contribution in [0.1, 0.15) is 29.5 Å². The summed E-state index contributed by atoms with van der Waals surface area (Å²) in [7, 11) is 0. The molecule has 2 aromatic rings. The lowest BCUT2D eigenvalue weighted by atomic mass is 9.88. The Hall–Kier alpha value is -1.81. The van der Waals surface area contributed by atoms with Crippen molar-refractivity contribution in [3.05, 3.63) is 58.1 Å². The number of carbonyl (C=O) groups is 1. The molecule has 2 aromatic carbocycles. The van der Waals surface area contributed by atoms with Gasteiger partial charge in [-0.2, -0.15) is 0 Å². The zero-order chi connectivity index (χ0) is 13.7. The first-order valence-electron chi connectivity index (χ1n) is 6.67. The van der Waals surface area contributed by atoms with Crippen LogP contribution >= 0.6 is 15.9 Å². The molecule has 4 rings (SSSR count). The second-order valence-electron chi connectivity index (χ2n) is 5.30. The van der Waals surface area contributed by atoms with Gasteiger partial charge in [-0.1, -0.05) is 34.1 Å². The maximum Gasteiger partial charge on any atom is 0.225 e. The first kappa shape index (κ1) is 12.0. The Morgan fingerprint density at radius 2 is 1.90 bits per heavy atom. The van der Waals surface area contributed by atoms with Crippen molar-refractivity contribution in [1.29, 1.82) is 0 Å². The van der Waals surface area contributed by atoms with Crippen LogP contribution in [-0.4, -0.2) is 5.91 Å². The number of para-hydroxylation sites is 1. The van der Waals surface area contributed by atoms with Crippen molar-refractivity contribution in [1.82, 2.24) is 0 Å². The van der Waals surface area contributed by atoms with E-state index in [1.54, 1.807) is 0 Å². The molecular weight excluding hydrogens is 316 g/mol. The van der Waals surface area contributed by atoms with Crippen molar-refractivity contribution < 1.29 is 4.79 Å². The molecule has 2 aliphatic rings. The topological polar surface area (TPSA) is 41.1 Å². The highest BCUT2D eigenvalue weighted by Crippen LogP contribution is 2.49. The van der Waals surface area contributed by atoms with Gasteiger partial charge in [0.15, 0.2) is 0 Å². The van der Waals surface area contributed by atoms with E-state index in [2.05, 4.69) is 44.8 Å². The maximum atomic E-state index is 12.1. The molecule has 1 amide bonds. The highest BCUT2D eigenvalue weighted by Gasteiger charge is 2.37. The van der Waals surface area contributed by atoms with Crippen LogP contribution in [0.25, 0.3) is 0 Å². The van der Waals surface area contributed by atoms with Gasteiger partial charge in [-0.05, 0) is 35.4 Å². The van der Waals surface area contributed by atoms with E-state index in [9.17, 15) is 4.79 Å². The number of rotatable bonds is 0. The third-order valence-electron chi connectivity index (χ3n) is 4.10. The van der Waals surface area contributed by atoms with Crippen LogP contribution in [0.15, 0.2) is 46.9 Å². The van der Waals surface area contributed by atoms with Crippen molar-refractivity contribution in [2.24, 2.45) is 0 Å². The van der Waals surface area contributed by atoms with Crippen molar-refractivity contribution in [3.63, 3.8) is 0 Å². The molecule has 0 saturated carbocycles. The quantitative estimate of drug-likeness (QED) is 0.766. The van der Waals surface area contributed by atoms with E-state index in [1.807, 2.05) is 24.3 Å². The molecule has 2 unspecified atom stereocenters. The zero-order valence-electron chi connectivity index (χ0n) is 10.7. The van der Waals surface area contributed by atoms with Gasteiger partial charge in [0.2, 0.25) is 5.91 Å². The first-order valence-corrected chi connectivity index (χ1v) is 7.46. The number of nitrogens with one attached hydrogen (secondary N) is 2. The largest absolute Gasteiger partial charge is 0.377 e. The number of fused-ring (bicyclic) bond motifs is 5. The number of benzene rings is 2. The smallest absolute Gasteiger partial charge is 0.225 e. The van der Waals surface area contributed by atoms with Gasteiger partial charge in [0.1, 0.15) is 0 Å². The molecule has 0 fully saturated rings. The minimum atomic E-state index is 0.0829. The molecule has 20 heavy (non-hydrogen) atoms. The summed E-state index contributed by atoms with van der Waals surface area (Å²) in [6.45, 7) is 0. The minimum absolute atomic E-state index is 0.0829. The second-order valence-corrected chi connectivity index (χ2v) is 6.22. The fraction of sp³-hybridized carbons (Fsp3) is 0.188. The Morgan fingerprint density at radius 3 is 2.80 bits per heavy atom. The average Bonchev–Trinajstić information content (AvgIpc) is 2.70. The molecule has 0 aliphatic carbocycles. The fourth-order valence-corrected chi connectivity index (χ4v) is 3.60. The third kappa shape index (κ3) is 1.75. The predicted molar refractivity (Wildman–Crippen MR) is 82.9 cm³/mol. The summed E-state index contributed by atoms with van der Waals surface area (Å²) < 4.78 is 1.05. The van der Waals surface area contributed by atoms with Crippen molar-refractivity contribution >= 4 is 33.2 Å². The Kier molecular flexibility index (Phi) is 2.60. The van der Waals surface area contributed by atoms with Crippen molar-refractivity contribution in [2.75, 3.05) is 10.6 Å². The van der Waals surface area contributed by atoms with Gasteiger partial charge in [0.05, 0.1) is 6.04 Å². The van der Waals surface area contributed by atoms with E-state index in [0.717, 1.165) is 21.4 Å². The van der Waals surface area contributed by atoms with Crippen molar-refractivity contribution in [2.45, 2.75) is 18.4 Å². The molecule has 0 aromatic heterocycles. The third-order valence-corrected chi connectivity index (χ3v) is 4.59. The molecule has 2 N–H and O–H groups in total. The van der Waals surface area contributed by atoms with Gasteiger partial charge in [-0.3, -0.25) is 4.79 Å². The molecule has 0 radical (unpaired) electrons. The summed E-state index contributed by atoms with van der Waals surface area (Å²) >= 11 is 3.52. The standard InChI is InChI=1S/C16H13BrN2O/c17-9-5-6-14-11(7-9)12-8-15(20)18-13-4-2-1-3-10(13)16(12)19-14/h1-7,12,16,19H,8H2,(H,18,20). The van der Waals surface area contributed by atoms with Gasteiger partial charge < -0.3 is 10.6 Å². The fourth-order valence-electron chi connectivity index (χ4n) is 3.22. The summed E-state index contributed by atoms with van der Waals surface area (Å²) in [6.07, 6.45) is 0.510. The lowest BCUT2D eigenvalue weighted by molar-refractivity contribution is -0.116. The highest BCUT2D eigenvalue weighted by atomic mass is 79.9. The average molecular weight is 329 g/mol. The van der Waals surface area contributed by atoms with Gasteiger partial charge in [-0.15, -0.1) is 0 Å². The van der Waals surface area contributed by atoms with Crippen LogP contribution in [0.4, 0.5) is 11.4 Å². The molecule has 0 bridgehead atoms. The first-order chi connectivity index (χ1) is 9.72. The van der Waals surface area contributed by atoms with Crippen LogP contribution in [0.5, 0.6) is 0 Å². The van der Waals surface area contributed by atoms with Crippen LogP contribution < -0.4 is 10.6 Å². The molecular formula is C16H13BrN2O. The van der Waals surface area contributed by atoms with E-state index >= 15 is 0 Å². The molecule has 2 heterocycles. The highest BCUT2D eigenvalue weighted by molar-refractivity contribution is 9.10. The molecule has 0 spiro atoms. The number of halogens is 1. The second kappa shape index (κ2) is 4.35. The van der Waals surface area contributed by atoms with Crippen LogP contribution in [0.3, 0.4) is 0 Å². The van der Waals surface area contributed by atoms with Crippen LogP contribution in [0.2, 0.25) is 0 Å². The minimum Gasteiger partial charge on any atom is -0.377 e.